The van der Waals surface area contributed by atoms with E-state index in [0.717, 1.165) is 19.3 Å². The van der Waals surface area contributed by atoms with Crippen molar-refractivity contribution in [2.24, 2.45) is 4.99 Å². The third-order valence-corrected chi connectivity index (χ3v) is 4.34. The van der Waals surface area contributed by atoms with Gasteiger partial charge in [-0.2, -0.15) is 0 Å². The van der Waals surface area contributed by atoms with E-state index in [-0.39, 0.29) is 23.9 Å². The molecular weight excluding hydrogens is 323 g/mol. The number of hydrogen-bond donors (Lipinski definition) is 2. The van der Waals surface area contributed by atoms with Crippen molar-refractivity contribution in [3.63, 3.8) is 0 Å². The lowest BCUT2D eigenvalue weighted by atomic mass is 9.89. The third kappa shape index (κ3) is 3.73. The minimum atomic E-state index is -0.473. The van der Waals surface area contributed by atoms with Crippen molar-refractivity contribution in [3.8, 4) is 5.75 Å². The molecule has 0 saturated heterocycles. The Bertz CT molecular complexity index is 768. The quantitative estimate of drug-likeness (QED) is 0.861. The van der Waals surface area contributed by atoms with Crippen LogP contribution in [0.4, 0.5) is 4.39 Å². The van der Waals surface area contributed by atoms with E-state index in [2.05, 4.69) is 10.3 Å². The monoisotopic (exact) mass is 344 g/mol. The number of hydrogen-bond acceptors (Lipinski definition) is 4. The Hall–Kier alpha value is -2.63. The highest BCUT2D eigenvalue weighted by atomic mass is 19.1. The zero-order chi connectivity index (χ0) is 17.8. The number of benzene rings is 1. The summed E-state index contributed by atoms with van der Waals surface area (Å²) in [4.78, 5) is 16.7. The first-order valence-electron chi connectivity index (χ1n) is 8.46. The largest absolute Gasteiger partial charge is 0.507 e. The Morgan fingerprint density at radius 1 is 1.48 bits per heavy atom. The number of amides is 1. The zero-order valence-corrected chi connectivity index (χ0v) is 14.1. The number of dihydropyridines is 1. The van der Waals surface area contributed by atoms with Crippen LogP contribution in [0.1, 0.15) is 31.7 Å². The van der Waals surface area contributed by atoms with Gasteiger partial charge in [0.1, 0.15) is 17.3 Å². The maximum Gasteiger partial charge on any atom is 0.256 e. The van der Waals surface area contributed by atoms with E-state index in [0.29, 0.717) is 23.5 Å². The number of carbonyl (C=O) groups is 1. The van der Waals surface area contributed by atoms with Gasteiger partial charge in [-0.15, -0.1) is 0 Å². The summed E-state index contributed by atoms with van der Waals surface area (Å²) in [6.07, 6.45) is 6.11. The van der Waals surface area contributed by atoms with Gasteiger partial charge in [-0.3, -0.25) is 9.79 Å². The number of halogens is 1. The van der Waals surface area contributed by atoms with Crippen LogP contribution in [0.2, 0.25) is 0 Å². The second-order valence-electron chi connectivity index (χ2n) is 6.02. The number of carbonyl (C=O) groups excluding carboxylic acids is 1. The highest BCUT2D eigenvalue weighted by molar-refractivity contribution is 6.13. The van der Waals surface area contributed by atoms with Crippen LogP contribution in [0, 0.1) is 5.82 Å². The summed E-state index contributed by atoms with van der Waals surface area (Å²) in [6, 6.07) is 4.46. The van der Waals surface area contributed by atoms with Crippen molar-refractivity contribution in [1.29, 1.82) is 0 Å². The Balaban J connectivity index is 1.69. The lowest BCUT2D eigenvalue weighted by Crippen LogP contribution is -2.30. The molecule has 1 aromatic carbocycles. The Kier molecular flexibility index (Phi) is 5.16. The van der Waals surface area contributed by atoms with Gasteiger partial charge in [0.05, 0.1) is 18.2 Å². The summed E-state index contributed by atoms with van der Waals surface area (Å²) in [5, 5.41) is 13.0. The molecule has 1 aliphatic carbocycles. The molecule has 132 valence electrons. The van der Waals surface area contributed by atoms with Gasteiger partial charge in [-0.1, -0.05) is 12.1 Å². The standard InChI is InChI=1S/C19H21FN2O3/c1-2-25-13-8-7-12(16(20)9-13)10-22-19(24)15-11-21-17-6-4-3-5-14(17)18(15)23/h5,7-9,11,17,23H,2-4,6,10H2,1H3,(H,22,24). The van der Waals surface area contributed by atoms with Crippen LogP contribution >= 0.6 is 0 Å². The molecule has 0 spiro atoms. The van der Waals surface area contributed by atoms with Crippen LogP contribution in [0.25, 0.3) is 0 Å². The summed E-state index contributed by atoms with van der Waals surface area (Å²) in [5.74, 6) is -0.495. The lowest BCUT2D eigenvalue weighted by molar-refractivity contribution is -0.117. The number of aliphatic hydroxyl groups is 1. The summed E-state index contributed by atoms with van der Waals surface area (Å²) in [5.41, 5.74) is 1.18. The molecule has 2 N–H and O–H groups in total. The maximum absolute atomic E-state index is 14.0. The molecule has 6 heteroatoms. The van der Waals surface area contributed by atoms with E-state index in [9.17, 15) is 14.3 Å². The number of aliphatic hydroxyl groups excluding tert-OH is 1. The number of nitrogens with zero attached hydrogens (tertiary/aromatic N) is 1. The van der Waals surface area contributed by atoms with Gasteiger partial charge in [0.15, 0.2) is 0 Å². The molecule has 0 bridgehead atoms. The van der Waals surface area contributed by atoms with Crippen LogP contribution in [0.3, 0.4) is 0 Å². The first-order valence-corrected chi connectivity index (χ1v) is 8.46. The highest BCUT2D eigenvalue weighted by Crippen LogP contribution is 2.30. The van der Waals surface area contributed by atoms with Gasteiger partial charge < -0.3 is 15.2 Å². The van der Waals surface area contributed by atoms with Gasteiger partial charge in [-0.25, -0.2) is 4.39 Å². The van der Waals surface area contributed by atoms with Crippen LogP contribution in [0.5, 0.6) is 5.75 Å². The molecule has 3 rings (SSSR count). The van der Waals surface area contributed by atoms with Gasteiger partial charge in [0.2, 0.25) is 0 Å². The third-order valence-electron chi connectivity index (χ3n) is 4.34. The Morgan fingerprint density at radius 3 is 3.08 bits per heavy atom. The van der Waals surface area contributed by atoms with E-state index in [1.165, 1.54) is 12.3 Å². The van der Waals surface area contributed by atoms with Crippen LogP contribution in [-0.2, 0) is 11.3 Å². The van der Waals surface area contributed by atoms with Gasteiger partial charge in [0, 0.05) is 30.0 Å². The van der Waals surface area contributed by atoms with Crippen molar-refractivity contribution in [2.75, 3.05) is 6.61 Å². The Labute approximate surface area is 145 Å². The van der Waals surface area contributed by atoms with Crippen LogP contribution < -0.4 is 10.1 Å². The number of nitrogens with one attached hydrogen (secondary N) is 1. The van der Waals surface area contributed by atoms with Crippen molar-refractivity contribution in [3.05, 3.63) is 52.6 Å². The molecule has 1 amide bonds. The lowest BCUT2D eigenvalue weighted by Gasteiger charge is -2.24. The SMILES string of the molecule is CCOc1ccc(CNC(=O)C2=C(O)C3=CCCCC3N=C2)c(F)c1. The van der Waals surface area contributed by atoms with Gasteiger partial charge in [0.25, 0.3) is 5.91 Å². The smallest absolute Gasteiger partial charge is 0.256 e. The molecule has 25 heavy (non-hydrogen) atoms. The number of rotatable bonds is 5. The molecule has 1 unspecified atom stereocenters. The number of aliphatic imine (C=N–C) groups is 1. The molecule has 5 nitrogen and oxygen atoms in total. The van der Waals surface area contributed by atoms with Crippen molar-refractivity contribution in [1.82, 2.24) is 5.32 Å². The predicted octanol–water partition coefficient (Wildman–Crippen LogP) is 3.22. The molecule has 0 saturated carbocycles. The second kappa shape index (κ2) is 7.51. The van der Waals surface area contributed by atoms with E-state index < -0.39 is 11.7 Å². The van der Waals surface area contributed by atoms with Crippen molar-refractivity contribution in [2.45, 2.75) is 38.8 Å². The molecular formula is C19H21FN2O3. The number of allylic oxidation sites excluding steroid dienone is 1. The van der Waals surface area contributed by atoms with Gasteiger partial charge >= 0.3 is 0 Å². The fraction of sp³-hybridized carbons (Fsp3) is 0.368. The molecule has 0 aromatic heterocycles. The molecule has 1 heterocycles. The molecule has 0 fully saturated rings. The predicted molar refractivity (Wildman–Crippen MR) is 93.3 cm³/mol. The fourth-order valence-electron chi connectivity index (χ4n) is 3.02. The maximum atomic E-state index is 14.0. The highest BCUT2D eigenvalue weighted by Gasteiger charge is 2.27. The summed E-state index contributed by atoms with van der Waals surface area (Å²) < 4.78 is 19.3. The first kappa shape index (κ1) is 17.2. The molecule has 1 aliphatic heterocycles. The summed E-state index contributed by atoms with van der Waals surface area (Å²) >= 11 is 0. The Morgan fingerprint density at radius 2 is 2.32 bits per heavy atom. The zero-order valence-electron chi connectivity index (χ0n) is 14.1. The van der Waals surface area contributed by atoms with Crippen molar-refractivity contribution >= 4 is 12.1 Å². The van der Waals surface area contributed by atoms with E-state index in [1.54, 1.807) is 12.1 Å². The average Bonchev–Trinajstić information content (AvgIpc) is 2.61. The molecule has 1 atom stereocenters. The van der Waals surface area contributed by atoms with Crippen LogP contribution in [0.15, 0.2) is 46.2 Å². The second-order valence-corrected chi connectivity index (χ2v) is 6.02. The van der Waals surface area contributed by atoms with Gasteiger partial charge in [-0.05, 0) is 32.3 Å². The summed E-state index contributed by atoms with van der Waals surface area (Å²) in [6.45, 7) is 2.30. The molecule has 2 aliphatic rings. The van der Waals surface area contributed by atoms with E-state index >= 15 is 0 Å². The topological polar surface area (TPSA) is 70.9 Å². The molecule has 1 aromatic rings. The number of fused-ring (bicyclic) bond motifs is 1. The normalized spacial score (nSPS) is 19.3. The van der Waals surface area contributed by atoms with E-state index in [1.807, 2.05) is 13.0 Å². The van der Waals surface area contributed by atoms with Crippen LogP contribution in [-0.4, -0.2) is 29.9 Å². The molecule has 0 radical (unpaired) electrons. The minimum absolute atomic E-state index is 0.0180. The number of ether oxygens (including phenoxy) is 1. The first-order chi connectivity index (χ1) is 12.1. The fourth-order valence-corrected chi connectivity index (χ4v) is 3.02. The minimum Gasteiger partial charge on any atom is -0.507 e. The van der Waals surface area contributed by atoms with Crippen molar-refractivity contribution < 1.29 is 19.0 Å². The average molecular weight is 344 g/mol. The van der Waals surface area contributed by atoms with E-state index in [4.69, 9.17) is 4.74 Å². The summed E-state index contributed by atoms with van der Waals surface area (Å²) in [7, 11) is 0.